The van der Waals surface area contributed by atoms with Crippen LogP contribution in [-0.2, 0) is 11.2 Å². The monoisotopic (exact) mass is 290 g/mol. The van der Waals surface area contributed by atoms with Crippen LogP contribution >= 0.6 is 15.9 Å². The van der Waals surface area contributed by atoms with Crippen LogP contribution in [0.25, 0.3) is 0 Å². The summed E-state index contributed by atoms with van der Waals surface area (Å²) in [5, 5.41) is 0. The lowest BCUT2D eigenvalue weighted by molar-refractivity contribution is -0.116. The quantitative estimate of drug-likeness (QED) is 0.855. The van der Waals surface area contributed by atoms with E-state index < -0.39 is 5.82 Å². The normalized spacial score (nSPS) is 10.1. The molecule has 0 aliphatic rings. The number of ketones is 1. The molecule has 0 bridgehead atoms. The molecule has 0 aliphatic heterocycles. The Kier molecular flexibility index (Phi) is 4.29. The molecule has 1 rings (SSSR count). The summed E-state index contributed by atoms with van der Waals surface area (Å²) in [6, 6.07) is 1.25. The fourth-order valence-electron chi connectivity index (χ4n) is 1.44. The summed E-state index contributed by atoms with van der Waals surface area (Å²) >= 11 is 3.19. The topological polar surface area (TPSA) is 35.5 Å². The molecule has 0 amide bonds. The molecule has 0 atom stereocenters. The minimum Gasteiger partial charge on any atom is -0.495 e. The molecule has 0 heterocycles. The Balaban J connectivity index is 3.34. The zero-order valence-electron chi connectivity index (χ0n) is 9.27. The maximum atomic E-state index is 13.6. The number of Topliss-reactive ketones (excluding diaryl/α,β-unsaturated/α-hetero) is 1. The maximum Gasteiger partial charge on any atom is 0.172 e. The number of hydrogen-bond donors (Lipinski definition) is 0. The highest BCUT2D eigenvalue weighted by Gasteiger charge is 2.18. The first-order chi connectivity index (χ1) is 7.51. The average Bonchev–Trinajstić information content (AvgIpc) is 2.17. The van der Waals surface area contributed by atoms with E-state index in [1.54, 1.807) is 0 Å². The first kappa shape index (κ1) is 13.0. The third-order valence-electron chi connectivity index (χ3n) is 2.06. The Morgan fingerprint density at radius 2 is 1.94 bits per heavy atom. The molecule has 16 heavy (non-hydrogen) atoms. The zero-order chi connectivity index (χ0) is 12.3. The van der Waals surface area contributed by atoms with Crippen LogP contribution in [0.2, 0.25) is 0 Å². The molecule has 3 nitrogen and oxygen atoms in total. The van der Waals surface area contributed by atoms with Gasteiger partial charge in [0.1, 0.15) is 16.0 Å². The fourth-order valence-corrected chi connectivity index (χ4v) is 2.21. The summed E-state index contributed by atoms with van der Waals surface area (Å²) in [5.41, 5.74) is 0.500. The molecule has 0 saturated carbocycles. The van der Waals surface area contributed by atoms with E-state index in [2.05, 4.69) is 15.9 Å². The number of methoxy groups -OCH3 is 2. The average molecular weight is 291 g/mol. The lowest BCUT2D eigenvalue weighted by Gasteiger charge is -2.13. The highest BCUT2D eigenvalue weighted by molar-refractivity contribution is 9.10. The Bertz CT molecular complexity index is 418. The van der Waals surface area contributed by atoms with Gasteiger partial charge in [0.15, 0.2) is 11.6 Å². The van der Waals surface area contributed by atoms with Crippen molar-refractivity contribution in [2.24, 2.45) is 0 Å². The van der Waals surface area contributed by atoms with Crippen LogP contribution in [-0.4, -0.2) is 20.0 Å². The Hall–Kier alpha value is -1.10. The zero-order valence-corrected chi connectivity index (χ0v) is 10.9. The maximum absolute atomic E-state index is 13.6. The van der Waals surface area contributed by atoms with E-state index in [1.807, 2.05) is 0 Å². The first-order valence-corrected chi connectivity index (χ1v) is 5.38. The van der Waals surface area contributed by atoms with Gasteiger partial charge in [-0.25, -0.2) is 4.39 Å². The lowest BCUT2D eigenvalue weighted by atomic mass is 10.1. The summed E-state index contributed by atoms with van der Waals surface area (Å²) in [6.07, 6.45) is 0.128. The molecule has 88 valence electrons. The van der Waals surface area contributed by atoms with Gasteiger partial charge >= 0.3 is 0 Å². The van der Waals surface area contributed by atoms with Crippen molar-refractivity contribution in [3.05, 3.63) is 21.9 Å². The molecule has 0 saturated heterocycles. The van der Waals surface area contributed by atoms with Crippen LogP contribution in [0.1, 0.15) is 12.5 Å². The molecule has 0 radical (unpaired) electrons. The van der Waals surface area contributed by atoms with Gasteiger partial charge in [-0.1, -0.05) is 0 Å². The Morgan fingerprint density at radius 1 is 1.38 bits per heavy atom. The van der Waals surface area contributed by atoms with Crippen molar-refractivity contribution in [2.45, 2.75) is 13.3 Å². The van der Waals surface area contributed by atoms with Crippen molar-refractivity contribution in [1.82, 2.24) is 0 Å². The second kappa shape index (κ2) is 5.30. The number of halogens is 2. The van der Waals surface area contributed by atoms with Crippen molar-refractivity contribution in [3.63, 3.8) is 0 Å². The molecule has 1 aromatic rings. The van der Waals surface area contributed by atoms with Gasteiger partial charge in [-0.3, -0.25) is 4.79 Å². The lowest BCUT2D eigenvalue weighted by Crippen LogP contribution is -2.03. The van der Waals surface area contributed by atoms with Crippen molar-refractivity contribution in [3.8, 4) is 11.5 Å². The molecular weight excluding hydrogens is 279 g/mol. The molecule has 0 spiro atoms. The summed E-state index contributed by atoms with van der Waals surface area (Å²) < 4.78 is 24.0. The molecular formula is C11H12BrFO3. The number of benzene rings is 1. The van der Waals surface area contributed by atoms with E-state index in [1.165, 1.54) is 27.2 Å². The van der Waals surface area contributed by atoms with Gasteiger partial charge in [-0.2, -0.15) is 0 Å². The molecule has 0 N–H and O–H groups in total. The minimum absolute atomic E-state index is 0.0604. The van der Waals surface area contributed by atoms with Crippen molar-refractivity contribution in [2.75, 3.05) is 14.2 Å². The summed E-state index contributed by atoms with van der Waals surface area (Å²) in [6.45, 7) is 1.44. The van der Waals surface area contributed by atoms with Gasteiger partial charge in [0.25, 0.3) is 0 Å². The largest absolute Gasteiger partial charge is 0.495 e. The van der Waals surface area contributed by atoms with Crippen LogP contribution in [0.4, 0.5) is 4.39 Å². The van der Waals surface area contributed by atoms with Crippen molar-refractivity contribution < 1.29 is 18.7 Å². The number of carbonyl (C=O) groups is 1. The standard InChI is InChI=1S/C11H12BrFO3/c1-6(14)4-7-5-8(13)11(16-3)9(12)10(7)15-2/h5H,4H2,1-3H3. The fraction of sp³-hybridized carbons (Fsp3) is 0.364. The SMILES string of the molecule is COc1c(F)cc(CC(C)=O)c(OC)c1Br. The van der Waals surface area contributed by atoms with Crippen LogP contribution < -0.4 is 9.47 Å². The van der Waals surface area contributed by atoms with E-state index >= 15 is 0 Å². The van der Waals surface area contributed by atoms with Gasteiger partial charge in [-0.15, -0.1) is 0 Å². The van der Waals surface area contributed by atoms with Gasteiger partial charge in [0.05, 0.1) is 14.2 Å². The number of ether oxygens (including phenoxy) is 2. The number of carbonyl (C=O) groups excluding carboxylic acids is 1. The Labute approximate surface area is 102 Å². The van der Waals surface area contributed by atoms with Gasteiger partial charge < -0.3 is 9.47 Å². The third-order valence-corrected chi connectivity index (χ3v) is 2.78. The number of hydrogen-bond acceptors (Lipinski definition) is 3. The van der Waals surface area contributed by atoms with Gasteiger partial charge in [0.2, 0.25) is 0 Å². The van der Waals surface area contributed by atoms with E-state index in [0.717, 1.165) is 0 Å². The van der Waals surface area contributed by atoms with E-state index in [4.69, 9.17) is 9.47 Å². The van der Waals surface area contributed by atoms with Crippen LogP contribution in [0.5, 0.6) is 11.5 Å². The summed E-state index contributed by atoms with van der Waals surface area (Å²) in [5.74, 6) is -0.0845. The third kappa shape index (κ3) is 2.52. The molecule has 5 heteroatoms. The van der Waals surface area contributed by atoms with E-state index in [0.29, 0.717) is 15.8 Å². The summed E-state index contributed by atoms with van der Waals surface area (Å²) in [7, 11) is 2.83. The second-order valence-corrected chi connectivity index (χ2v) is 4.07. The smallest absolute Gasteiger partial charge is 0.172 e. The minimum atomic E-state index is -0.522. The van der Waals surface area contributed by atoms with Crippen molar-refractivity contribution >= 4 is 21.7 Å². The Morgan fingerprint density at radius 3 is 2.38 bits per heavy atom. The molecule has 0 aromatic heterocycles. The number of rotatable bonds is 4. The van der Waals surface area contributed by atoms with Gasteiger partial charge in [-0.05, 0) is 28.9 Å². The van der Waals surface area contributed by atoms with Crippen LogP contribution in [0.15, 0.2) is 10.5 Å². The predicted octanol–water partition coefficient (Wildman–Crippen LogP) is 2.74. The molecule has 0 aliphatic carbocycles. The van der Waals surface area contributed by atoms with Crippen molar-refractivity contribution in [1.29, 1.82) is 0 Å². The van der Waals surface area contributed by atoms with Crippen LogP contribution in [0, 0.1) is 5.82 Å². The van der Waals surface area contributed by atoms with E-state index in [-0.39, 0.29) is 18.0 Å². The van der Waals surface area contributed by atoms with Gasteiger partial charge in [0, 0.05) is 12.0 Å². The predicted molar refractivity (Wildman–Crippen MR) is 61.6 cm³/mol. The molecule has 1 aromatic carbocycles. The highest BCUT2D eigenvalue weighted by atomic mass is 79.9. The first-order valence-electron chi connectivity index (χ1n) is 4.59. The second-order valence-electron chi connectivity index (χ2n) is 3.28. The molecule has 0 unspecified atom stereocenters. The molecule has 0 fully saturated rings. The van der Waals surface area contributed by atoms with E-state index in [9.17, 15) is 9.18 Å². The highest BCUT2D eigenvalue weighted by Crippen LogP contribution is 2.39. The van der Waals surface area contributed by atoms with Crippen LogP contribution in [0.3, 0.4) is 0 Å². The summed E-state index contributed by atoms with van der Waals surface area (Å²) in [4.78, 5) is 11.0.